The summed E-state index contributed by atoms with van der Waals surface area (Å²) in [5.74, 6) is -7.70. The summed E-state index contributed by atoms with van der Waals surface area (Å²) in [7, 11) is -4.34. The van der Waals surface area contributed by atoms with Crippen molar-refractivity contribution in [3.8, 4) is 0 Å². The number of nitrogens with one attached hydrogen (secondary N) is 2. The number of carbonyl (C=O) groups excluding carboxylic acids is 6. The van der Waals surface area contributed by atoms with Gasteiger partial charge in [-0.2, -0.15) is 0 Å². The van der Waals surface area contributed by atoms with Crippen LogP contribution in [-0.2, 0) is 28.9 Å². The van der Waals surface area contributed by atoms with Gasteiger partial charge in [-0.3, -0.25) is 28.8 Å². The van der Waals surface area contributed by atoms with Gasteiger partial charge in [-0.05, 0) is 62.1 Å². The molecule has 0 aromatic heterocycles. The molecule has 2 saturated heterocycles. The molecule has 2 aromatic carbocycles. The number of Topliss-reactive ketones (excluding diaryl/α,β-unsaturated/α-hetero) is 4. The van der Waals surface area contributed by atoms with Crippen molar-refractivity contribution in [1.29, 1.82) is 0 Å². The Balaban J connectivity index is 1.23. The summed E-state index contributed by atoms with van der Waals surface area (Å²) in [5, 5.41) is 5.44. The monoisotopic (exact) mass is 608 g/mol. The Morgan fingerprint density at radius 2 is 0.930 bits per heavy atom. The van der Waals surface area contributed by atoms with Crippen molar-refractivity contribution in [1.82, 2.24) is 10.6 Å². The van der Waals surface area contributed by atoms with E-state index in [1.54, 1.807) is 0 Å². The number of hydrogen-bond donors (Lipinski definition) is 2. The van der Waals surface area contributed by atoms with E-state index >= 15 is 0 Å². The van der Waals surface area contributed by atoms with Gasteiger partial charge in [-0.15, -0.1) is 0 Å². The average molecular weight is 609 g/mol. The van der Waals surface area contributed by atoms with Crippen LogP contribution in [0.2, 0.25) is 0 Å². The van der Waals surface area contributed by atoms with Crippen LogP contribution >= 0.6 is 0 Å². The van der Waals surface area contributed by atoms with E-state index < -0.39 is 56.6 Å². The lowest BCUT2D eigenvalue weighted by molar-refractivity contribution is -0.124. The van der Waals surface area contributed by atoms with Crippen molar-refractivity contribution in [3.05, 3.63) is 58.7 Å². The first-order chi connectivity index (χ1) is 20.6. The lowest BCUT2D eigenvalue weighted by atomic mass is 10.0. The van der Waals surface area contributed by atoms with Gasteiger partial charge < -0.3 is 20.1 Å². The Kier molecular flexibility index (Phi) is 7.57. The molecule has 0 radical (unpaired) electrons. The summed E-state index contributed by atoms with van der Waals surface area (Å²) in [6, 6.07) is 6.34. The SMILES string of the molecule is O=C(NC1CCOCC1)C1C(=O)c2ccc(S(=O)(=O)c3ccc4c(c3)C(=O)C(C(=O)NC3CCOCC3)C4=O)cc2C1=O. The molecule has 2 aromatic rings. The maximum Gasteiger partial charge on any atom is 0.239 e. The molecule has 0 spiro atoms. The number of carbonyl (C=O) groups is 6. The van der Waals surface area contributed by atoms with E-state index in [0.29, 0.717) is 52.1 Å². The minimum absolute atomic E-state index is 0.0517. The lowest BCUT2D eigenvalue weighted by Gasteiger charge is -2.24. The molecule has 2 heterocycles. The third kappa shape index (κ3) is 5.11. The molecule has 43 heavy (non-hydrogen) atoms. The molecule has 224 valence electrons. The molecule has 2 N–H and O–H groups in total. The van der Waals surface area contributed by atoms with Crippen LogP contribution in [0.3, 0.4) is 0 Å². The van der Waals surface area contributed by atoms with Crippen LogP contribution in [0.1, 0.15) is 67.1 Å². The third-order valence-electron chi connectivity index (χ3n) is 8.37. The first-order valence-electron chi connectivity index (χ1n) is 14.0. The molecule has 12 nitrogen and oxygen atoms in total. The van der Waals surface area contributed by atoms with Gasteiger partial charge in [0.25, 0.3) is 0 Å². The fraction of sp³-hybridized carbons (Fsp3) is 0.400. The molecule has 2 fully saturated rings. The maximum absolute atomic E-state index is 13.6. The smallest absolute Gasteiger partial charge is 0.239 e. The second-order valence-electron chi connectivity index (χ2n) is 11.0. The third-order valence-corrected chi connectivity index (χ3v) is 10.1. The van der Waals surface area contributed by atoms with Gasteiger partial charge in [0.05, 0.1) is 9.79 Å². The molecule has 2 aliphatic heterocycles. The Morgan fingerprint density at radius 1 is 0.581 bits per heavy atom. The van der Waals surface area contributed by atoms with Crippen LogP contribution in [0.25, 0.3) is 0 Å². The van der Waals surface area contributed by atoms with Gasteiger partial charge in [-0.25, -0.2) is 8.42 Å². The van der Waals surface area contributed by atoms with Crippen molar-refractivity contribution in [2.24, 2.45) is 11.8 Å². The Hall–Kier alpha value is -4.07. The molecule has 2 atom stereocenters. The molecule has 13 heteroatoms. The fourth-order valence-electron chi connectivity index (χ4n) is 5.94. The van der Waals surface area contributed by atoms with Crippen molar-refractivity contribution >= 4 is 44.8 Å². The summed E-state index contributed by atoms with van der Waals surface area (Å²) in [6.07, 6.45) is 2.19. The van der Waals surface area contributed by atoms with Gasteiger partial charge in [0.15, 0.2) is 35.0 Å². The molecule has 2 unspecified atom stereocenters. The number of fused-ring (bicyclic) bond motifs is 2. The number of benzene rings is 2. The number of ketones is 4. The highest BCUT2D eigenvalue weighted by molar-refractivity contribution is 7.91. The normalized spacial score (nSPS) is 22.8. The highest BCUT2D eigenvalue weighted by Crippen LogP contribution is 2.34. The minimum Gasteiger partial charge on any atom is -0.381 e. The highest BCUT2D eigenvalue weighted by atomic mass is 32.2. The van der Waals surface area contributed by atoms with Crippen molar-refractivity contribution in [2.75, 3.05) is 26.4 Å². The van der Waals surface area contributed by atoms with Gasteiger partial charge in [0, 0.05) is 60.8 Å². The van der Waals surface area contributed by atoms with Crippen LogP contribution in [0.4, 0.5) is 0 Å². The van der Waals surface area contributed by atoms with Crippen molar-refractivity contribution in [3.63, 3.8) is 0 Å². The van der Waals surface area contributed by atoms with Crippen LogP contribution in [-0.4, -0.2) is 81.9 Å². The summed E-state index contributed by atoms with van der Waals surface area (Å²) in [5.41, 5.74) is -0.473. The molecule has 0 saturated carbocycles. The predicted molar refractivity (Wildman–Crippen MR) is 147 cm³/mol. The van der Waals surface area contributed by atoms with E-state index in [1.807, 2.05) is 0 Å². The number of sulfone groups is 1. The van der Waals surface area contributed by atoms with E-state index in [9.17, 15) is 37.2 Å². The van der Waals surface area contributed by atoms with Crippen LogP contribution in [0.15, 0.2) is 46.2 Å². The van der Waals surface area contributed by atoms with Crippen LogP contribution in [0, 0.1) is 11.8 Å². The maximum atomic E-state index is 13.6. The number of rotatable bonds is 6. The Bertz CT molecular complexity index is 1570. The van der Waals surface area contributed by atoms with Crippen molar-refractivity contribution in [2.45, 2.75) is 47.6 Å². The molecule has 2 aliphatic carbocycles. The standard InChI is InChI=1S/C30H28N2O10S/c33-25-19-3-1-17(13-21(19)27(35)23(25)29(37)31-15-5-9-41-10-6-15)43(39,40)18-2-4-20-22(14-18)28(36)24(26(20)34)30(38)32-16-7-11-42-12-8-16/h1-4,13-16,23-24H,5-12H2,(H,31,37)(H,32,38). The van der Waals surface area contributed by atoms with E-state index in [4.69, 9.17) is 9.47 Å². The first kappa shape index (κ1) is 29.0. The number of ether oxygens (including phenoxy) is 2. The summed E-state index contributed by atoms with van der Waals surface area (Å²) >= 11 is 0. The fourth-order valence-corrected chi connectivity index (χ4v) is 7.26. The lowest BCUT2D eigenvalue weighted by Crippen LogP contribution is -2.44. The molecule has 6 rings (SSSR count). The minimum atomic E-state index is -4.34. The van der Waals surface area contributed by atoms with E-state index in [2.05, 4.69) is 10.6 Å². The molecular weight excluding hydrogens is 580 g/mol. The Labute approximate surface area is 246 Å². The first-order valence-corrected chi connectivity index (χ1v) is 15.5. The van der Waals surface area contributed by atoms with Gasteiger partial charge >= 0.3 is 0 Å². The molecule has 0 bridgehead atoms. The average Bonchev–Trinajstić information content (AvgIpc) is 3.41. The van der Waals surface area contributed by atoms with Crippen LogP contribution in [0.5, 0.6) is 0 Å². The topological polar surface area (TPSA) is 179 Å². The van der Waals surface area contributed by atoms with Gasteiger partial charge in [0.2, 0.25) is 21.7 Å². The Morgan fingerprint density at radius 3 is 1.30 bits per heavy atom. The van der Waals surface area contributed by atoms with Crippen molar-refractivity contribution < 1.29 is 46.7 Å². The zero-order valence-electron chi connectivity index (χ0n) is 22.9. The summed E-state index contributed by atoms with van der Waals surface area (Å²) in [4.78, 5) is 77.3. The molecule has 2 amide bonds. The summed E-state index contributed by atoms with van der Waals surface area (Å²) < 4.78 is 37.7. The quantitative estimate of drug-likeness (QED) is 0.451. The summed E-state index contributed by atoms with van der Waals surface area (Å²) in [6.45, 7) is 1.80. The van der Waals surface area contributed by atoms with E-state index in [0.717, 1.165) is 24.3 Å². The second-order valence-corrected chi connectivity index (χ2v) is 13.0. The van der Waals surface area contributed by atoms with E-state index in [-0.39, 0.29) is 44.1 Å². The largest absolute Gasteiger partial charge is 0.381 e. The van der Waals surface area contributed by atoms with Gasteiger partial charge in [-0.1, -0.05) is 0 Å². The van der Waals surface area contributed by atoms with E-state index in [1.165, 1.54) is 12.1 Å². The highest BCUT2D eigenvalue weighted by Gasteiger charge is 2.46. The number of hydrogen-bond acceptors (Lipinski definition) is 10. The molecule has 4 aliphatic rings. The second kappa shape index (κ2) is 11.2. The van der Waals surface area contributed by atoms with Gasteiger partial charge in [0.1, 0.15) is 0 Å². The predicted octanol–water partition coefficient (Wildman–Crippen LogP) is 1.10. The molecular formula is C30H28N2O10S. The van der Waals surface area contributed by atoms with Crippen LogP contribution < -0.4 is 10.6 Å². The zero-order valence-corrected chi connectivity index (χ0v) is 23.7. The number of amides is 2. The zero-order chi connectivity index (χ0) is 30.5.